The molecule has 3 aromatic carbocycles. The Morgan fingerprint density at radius 1 is 1.00 bits per heavy atom. The van der Waals surface area contributed by atoms with Crippen LogP contribution in [0.3, 0.4) is 0 Å². The lowest BCUT2D eigenvalue weighted by molar-refractivity contribution is 0.0523. The SMILES string of the molecule is CC(C)(C)OC(=O)n1nc(-c2ccccc2)c2ccc(Nc3ccccc3F)cc21. The highest BCUT2D eigenvalue weighted by atomic mass is 19.1. The number of carbonyl (C=O) groups is 1. The van der Waals surface area contributed by atoms with E-state index in [4.69, 9.17) is 4.74 Å². The van der Waals surface area contributed by atoms with Gasteiger partial charge in [0.1, 0.15) is 17.1 Å². The number of rotatable bonds is 3. The van der Waals surface area contributed by atoms with Crippen molar-refractivity contribution in [3.05, 3.63) is 78.6 Å². The molecule has 0 amide bonds. The van der Waals surface area contributed by atoms with E-state index in [0.717, 1.165) is 10.9 Å². The summed E-state index contributed by atoms with van der Waals surface area (Å²) in [6, 6.07) is 21.5. The molecule has 0 spiro atoms. The quantitative estimate of drug-likeness (QED) is 0.432. The molecule has 5 nitrogen and oxygen atoms in total. The summed E-state index contributed by atoms with van der Waals surface area (Å²) >= 11 is 0. The van der Waals surface area contributed by atoms with Gasteiger partial charge in [0.2, 0.25) is 0 Å². The van der Waals surface area contributed by atoms with Gasteiger partial charge in [0.05, 0.1) is 11.2 Å². The van der Waals surface area contributed by atoms with Crippen LogP contribution >= 0.6 is 0 Å². The van der Waals surface area contributed by atoms with Gasteiger partial charge in [-0.3, -0.25) is 0 Å². The monoisotopic (exact) mass is 403 g/mol. The third-order valence-corrected chi connectivity index (χ3v) is 4.45. The number of ether oxygens (including phenoxy) is 1. The van der Waals surface area contributed by atoms with Crippen molar-refractivity contribution in [1.29, 1.82) is 0 Å². The van der Waals surface area contributed by atoms with E-state index in [0.29, 0.717) is 22.6 Å². The predicted octanol–water partition coefficient (Wildman–Crippen LogP) is 6.37. The summed E-state index contributed by atoms with van der Waals surface area (Å²) in [4.78, 5) is 12.8. The average molecular weight is 403 g/mol. The molecule has 0 unspecified atom stereocenters. The van der Waals surface area contributed by atoms with Crippen LogP contribution in [0, 0.1) is 5.82 Å². The van der Waals surface area contributed by atoms with Gasteiger partial charge in [-0.05, 0) is 51.1 Å². The number of halogens is 1. The van der Waals surface area contributed by atoms with Gasteiger partial charge in [-0.25, -0.2) is 9.18 Å². The average Bonchev–Trinajstić information content (AvgIpc) is 3.08. The largest absolute Gasteiger partial charge is 0.442 e. The van der Waals surface area contributed by atoms with E-state index in [-0.39, 0.29) is 5.82 Å². The van der Waals surface area contributed by atoms with Crippen molar-refractivity contribution in [2.75, 3.05) is 5.32 Å². The molecule has 0 atom stereocenters. The minimum absolute atomic E-state index is 0.350. The van der Waals surface area contributed by atoms with Crippen molar-refractivity contribution in [2.45, 2.75) is 26.4 Å². The molecule has 4 rings (SSSR count). The van der Waals surface area contributed by atoms with Gasteiger partial charge in [0, 0.05) is 16.6 Å². The van der Waals surface area contributed by atoms with Crippen molar-refractivity contribution < 1.29 is 13.9 Å². The molecule has 0 saturated heterocycles. The minimum Gasteiger partial charge on any atom is -0.442 e. The number of aromatic nitrogens is 2. The number of hydrogen-bond acceptors (Lipinski definition) is 4. The number of nitrogens with zero attached hydrogens (tertiary/aromatic N) is 2. The van der Waals surface area contributed by atoms with Crippen LogP contribution in [0.5, 0.6) is 0 Å². The van der Waals surface area contributed by atoms with E-state index in [1.165, 1.54) is 10.7 Å². The first-order valence-corrected chi connectivity index (χ1v) is 9.65. The zero-order valence-electron chi connectivity index (χ0n) is 17.0. The molecule has 1 aromatic heterocycles. The van der Waals surface area contributed by atoms with Crippen molar-refractivity contribution >= 4 is 28.4 Å². The van der Waals surface area contributed by atoms with Gasteiger partial charge >= 0.3 is 6.09 Å². The Kier molecular flexibility index (Phi) is 4.99. The molecule has 0 fully saturated rings. The lowest BCUT2D eigenvalue weighted by atomic mass is 10.1. The zero-order valence-corrected chi connectivity index (χ0v) is 17.0. The molecule has 1 N–H and O–H groups in total. The van der Waals surface area contributed by atoms with Crippen LogP contribution in [0.1, 0.15) is 20.8 Å². The summed E-state index contributed by atoms with van der Waals surface area (Å²) in [5, 5.41) is 8.41. The van der Waals surface area contributed by atoms with E-state index in [1.54, 1.807) is 45.0 Å². The fraction of sp³-hybridized carbons (Fsp3) is 0.167. The maximum atomic E-state index is 14.1. The second-order valence-corrected chi connectivity index (χ2v) is 7.94. The van der Waals surface area contributed by atoms with Crippen LogP contribution in [0.2, 0.25) is 0 Å². The number of hydrogen-bond donors (Lipinski definition) is 1. The molecule has 4 aromatic rings. The predicted molar refractivity (Wildman–Crippen MR) is 116 cm³/mol. The van der Waals surface area contributed by atoms with Crippen LogP contribution in [0.25, 0.3) is 22.2 Å². The first-order valence-electron chi connectivity index (χ1n) is 9.65. The van der Waals surface area contributed by atoms with Crippen molar-refractivity contribution in [1.82, 2.24) is 9.78 Å². The number of benzene rings is 3. The van der Waals surface area contributed by atoms with E-state index in [2.05, 4.69) is 10.4 Å². The first-order chi connectivity index (χ1) is 14.3. The highest BCUT2D eigenvalue weighted by Gasteiger charge is 2.23. The summed E-state index contributed by atoms with van der Waals surface area (Å²) in [7, 11) is 0. The first kappa shape index (κ1) is 19.6. The third-order valence-electron chi connectivity index (χ3n) is 4.45. The number of nitrogens with one attached hydrogen (secondary N) is 1. The second kappa shape index (κ2) is 7.63. The summed E-state index contributed by atoms with van der Waals surface area (Å²) in [5.41, 5.74) is 2.46. The van der Waals surface area contributed by atoms with Crippen LogP contribution < -0.4 is 5.32 Å². The molecule has 0 aliphatic rings. The Labute approximate surface area is 174 Å². The molecule has 0 bridgehead atoms. The Bertz CT molecular complexity index is 1210. The number of fused-ring (bicyclic) bond motifs is 1. The van der Waals surface area contributed by atoms with Gasteiger partial charge < -0.3 is 10.1 Å². The van der Waals surface area contributed by atoms with Gasteiger partial charge in [-0.1, -0.05) is 42.5 Å². The normalized spacial score (nSPS) is 11.5. The number of carbonyl (C=O) groups excluding carboxylic acids is 1. The third kappa shape index (κ3) is 4.03. The molecule has 152 valence electrons. The Morgan fingerprint density at radius 2 is 1.70 bits per heavy atom. The van der Waals surface area contributed by atoms with Crippen LogP contribution in [0.4, 0.5) is 20.6 Å². The van der Waals surface area contributed by atoms with Gasteiger partial charge in [0.25, 0.3) is 0 Å². The molecule has 0 aliphatic heterocycles. The Morgan fingerprint density at radius 3 is 2.40 bits per heavy atom. The molecular formula is C24H22FN3O2. The summed E-state index contributed by atoms with van der Waals surface area (Å²) < 4.78 is 20.9. The maximum Gasteiger partial charge on any atom is 0.435 e. The lowest BCUT2D eigenvalue weighted by Gasteiger charge is -2.19. The van der Waals surface area contributed by atoms with Crippen molar-refractivity contribution in [3.8, 4) is 11.3 Å². The highest BCUT2D eigenvalue weighted by molar-refractivity contribution is 5.99. The number of anilines is 2. The van der Waals surface area contributed by atoms with E-state index in [9.17, 15) is 9.18 Å². The molecule has 1 heterocycles. The molecule has 0 aliphatic carbocycles. The molecule has 30 heavy (non-hydrogen) atoms. The maximum absolute atomic E-state index is 14.1. The van der Waals surface area contributed by atoms with E-state index >= 15 is 0 Å². The Hall–Kier alpha value is -3.67. The van der Waals surface area contributed by atoms with Gasteiger partial charge in [-0.15, -0.1) is 0 Å². The fourth-order valence-corrected chi connectivity index (χ4v) is 3.16. The van der Waals surface area contributed by atoms with Crippen LogP contribution in [-0.4, -0.2) is 21.5 Å². The summed E-state index contributed by atoms with van der Waals surface area (Å²) in [6.45, 7) is 5.42. The topological polar surface area (TPSA) is 56.2 Å². The smallest absolute Gasteiger partial charge is 0.435 e. The van der Waals surface area contributed by atoms with E-state index < -0.39 is 11.7 Å². The van der Waals surface area contributed by atoms with Crippen LogP contribution in [0.15, 0.2) is 72.8 Å². The molecular weight excluding hydrogens is 381 g/mol. The van der Waals surface area contributed by atoms with Crippen molar-refractivity contribution in [2.24, 2.45) is 0 Å². The number of para-hydroxylation sites is 1. The Balaban J connectivity index is 1.83. The van der Waals surface area contributed by atoms with Crippen LogP contribution in [-0.2, 0) is 4.74 Å². The molecule has 0 radical (unpaired) electrons. The lowest BCUT2D eigenvalue weighted by Crippen LogP contribution is -2.27. The van der Waals surface area contributed by atoms with Gasteiger partial charge in [0.15, 0.2) is 0 Å². The molecule has 0 saturated carbocycles. The van der Waals surface area contributed by atoms with Gasteiger partial charge in [-0.2, -0.15) is 9.78 Å². The fourth-order valence-electron chi connectivity index (χ4n) is 3.16. The molecule has 6 heteroatoms. The van der Waals surface area contributed by atoms with E-state index in [1.807, 2.05) is 42.5 Å². The summed E-state index contributed by atoms with van der Waals surface area (Å²) in [6.07, 6.45) is -0.572. The second-order valence-electron chi connectivity index (χ2n) is 7.94. The standard InChI is InChI=1S/C24H22FN3O2/c1-24(2,3)30-23(29)28-21-15-17(26-20-12-8-7-11-19(20)25)13-14-18(21)22(27-28)16-9-5-4-6-10-16/h4-15,26H,1-3H3. The highest BCUT2D eigenvalue weighted by Crippen LogP contribution is 2.31. The zero-order chi connectivity index (χ0) is 21.3. The van der Waals surface area contributed by atoms with Crippen molar-refractivity contribution in [3.63, 3.8) is 0 Å². The summed E-state index contributed by atoms with van der Waals surface area (Å²) in [5.74, 6) is -0.358. The minimum atomic E-state index is -0.661.